The van der Waals surface area contributed by atoms with E-state index in [0.717, 1.165) is 11.5 Å². The molecule has 1 aliphatic rings. The summed E-state index contributed by atoms with van der Waals surface area (Å²) in [5, 5.41) is 1.68. The van der Waals surface area contributed by atoms with Crippen molar-refractivity contribution in [3.05, 3.63) is 71.8 Å². The fraction of sp³-hybridized carbons (Fsp3) is 0.263. The maximum atomic E-state index is 4.87. The Bertz CT molecular complexity index is 673. The number of fused-ring (bicyclic) bond motifs is 1. The van der Waals surface area contributed by atoms with Crippen LogP contribution in [0.1, 0.15) is 16.4 Å². The summed E-state index contributed by atoms with van der Waals surface area (Å²) in [5.41, 5.74) is 2.56. The van der Waals surface area contributed by atoms with Gasteiger partial charge in [-0.05, 0) is 23.6 Å². The van der Waals surface area contributed by atoms with Crippen molar-refractivity contribution in [1.82, 2.24) is 0 Å². The molecule has 2 aromatic rings. The van der Waals surface area contributed by atoms with Gasteiger partial charge in [0.15, 0.2) is 0 Å². The molecule has 1 unspecified atom stereocenters. The van der Waals surface area contributed by atoms with Gasteiger partial charge in [-0.3, -0.25) is 0 Å². The third-order valence-electron chi connectivity index (χ3n) is 3.56. The molecule has 0 aromatic heterocycles. The average molecular weight is 328 g/mol. The molecule has 3 heteroatoms. The van der Waals surface area contributed by atoms with Gasteiger partial charge in [-0.1, -0.05) is 50.0 Å². The van der Waals surface area contributed by atoms with Gasteiger partial charge in [0.1, 0.15) is 0 Å². The van der Waals surface area contributed by atoms with Crippen molar-refractivity contribution in [2.24, 2.45) is 0 Å². The summed E-state index contributed by atoms with van der Waals surface area (Å²) in [4.78, 5) is 0. The standard InChI is InChI=1S/C19H22OSSi/c1-22(2,3)14-21-19-13-18(15-9-5-4-6-10-15)20-17-12-8-7-11-16(17)19/h4-13,19H,14H2,1-3H3/p+1. The van der Waals surface area contributed by atoms with Gasteiger partial charge in [-0.2, -0.15) is 11.8 Å². The van der Waals surface area contributed by atoms with E-state index in [0.29, 0.717) is 5.25 Å². The minimum Gasteiger partial charge on any atom is -0.546 e. The molecule has 22 heavy (non-hydrogen) atoms. The van der Waals surface area contributed by atoms with Gasteiger partial charge in [0.05, 0.1) is 24.5 Å². The largest absolute Gasteiger partial charge is 0.546 e. The molecule has 1 N–H and O–H groups in total. The van der Waals surface area contributed by atoms with Crippen molar-refractivity contribution < 1.29 is 4.74 Å². The molecule has 0 aliphatic carbocycles. The van der Waals surface area contributed by atoms with Crippen molar-refractivity contribution >= 4 is 25.6 Å². The molecule has 2 aromatic carbocycles. The maximum Gasteiger partial charge on any atom is 0.265 e. The summed E-state index contributed by atoms with van der Waals surface area (Å²) in [7, 11) is -1.06. The second kappa shape index (κ2) is 6.35. The summed E-state index contributed by atoms with van der Waals surface area (Å²) >= 11 is 2.07. The van der Waals surface area contributed by atoms with Crippen molar-refractivity contribution in [1.29, 1.82) is 0 Å². The van der Waals surface area contributed by atoms with Crippen molar-refractivity contribution in [2.45, 2.75) is 24.9 Å². The Morgan fingerprint density at radius 1 is 0.955 bits per heavy atom. The monoisotopic (exact) mass is 327 g/mol. The Balaban J connectivity index is 1.92. The Hall–Kier alpha value is -1.45. The van der Waals surface area contributed by atoms with E-state index in [2.05, 4.69) is 92.1 Å². The van der Waals surface area contributed by atoms with Crippen LogP contribution < -0.4 is 0 Å². The van der Waals surface area contributed by atoms with Crippen LogP contribution in [0.25, 0.3) is 5.76 Å². The van der Waals surface area contributed by atoms with E-state index in [9.17, 15) is 0 Å². The lowest BCUT2D eigenvalue weighted by Crippen LogP contribution is -2.24. The highest BCUT2D eigenvalue weighted by Gasteiger charge is 2.28. The van der Waals surface area contributed by atoms with Gasteiger partial charge in [0.2, 0.25) is 0 Å². The summed E-state index contributed by atoms with van der Waals surface area (Å²) < 4.78 is 4.87. The van der Waals surface area contributed by atoms with Gasteiger partial charge in [0, 0.05) is 12.1 Å². The molecule has 0 saturated carbocycles. The first-order valence-corrected chi connectivity index (χ1v) is 12.5. The lowest BCUT2D eigenvalue weighted by atomic mass is 10.0. The van der Waals surface area contributed by atoms with E-state index in [1.54, 1.807) is 0 Å². The Labute approximate surface area is 138 Å². The number of thioether (sulfide) groups is 1. The lowest BCUT2D eigenvalue weighted by molar-refractivity contribution is 0.218. The van der Waals surface area contributed by atoms with Gasteiger partial charge >= 0.3 is 0 Å². The zero-order valence-electron chi connectivity index (χ0n) is 13.4. The van der Waals surface area contributed by atoms with E-state index in [1.165, 1.54) is 16.5 Å². The van der Waals surface area contributed by atoms with Crippen LogP contribution in [0.5, 0.6) is 5.75 Å². The van der Waals surface area contributed by atoms with Crippen molar-refractivity contribution in [3.63, 3.8) is 0 Å². The molecule has 0 fully saturated rings. The third kappa shape index (κ3) is 3.65. The van der Waals surface area contributed by atoms with Gasteiger partial charge in [0.25, 0.3) is 11.5 Å². The molecule has 3 rings (SSSR count). The highest BCUT2D eigenvalue weighted by molar-refractivity contribution is 8.01. The van der Waals surface area contributed by atoms with Crippen LogP contribution in [0.2, 0.25) is 19.6 Å². The number of para-hydroxylation sites is 1. The van der Waals surface area contributed by atoms with Crippen LogP contribution >= 0.6 is 11.8 Å². The molecule has 1 nitrogen and oxygen atoms in total. The van der Waals surface area contributed by atoms with Crippen molar-refractivity contribution in [3.8, 4) is 5.75 Å². The number of hydrogen-bond donors (Lipinski definition) is 0. The minimum atomic E-state index is -1.06. The van der Waals surface area contributed by atoms with Crippen LogP contribution in [0.4, 0.5) is 0 Å². The summed E-state index contributed by atoms with van der Waals surface area (Å²) in [6.45, 7) is 7.29. The second-order valence-corrected chi connectivity index (χ2v) is 14.0. The van der Waals surface area contributed by atoms with Gasteiger partial charge in [-0.25, -0.2) is 0 Å². The maximum absolute atomic E-state index is 4.87. The molecule has 1 atom stereocenters. The molecule has 0 amide bonds. The lowest BCUT2D eigenvalue weighted by Gasteiger charge is -2.24. The predicted molar refractivity (Wildman–Crippen MR) is 101 cm³/mol. The van der Waals surface area contributed by atoms with E-state index in [4.69, 9.17) is 4.74 Å². The third-order valence-corrected chi connectivity index (χ3v) is 8.44. The zero-order chi connectivity index (χ0) is 15.6. The van der Waals surface area contributed by atoms with E-state index >= 15 is 0 Å². The predicted octanol–water partition coefficient (Wildman–Crippen LogP) is 5.63. The SMILES string of the molecule is C[Si](C)(C)CSC1C=C(c2ccccc2)[OH+]c2ccccc21. The fourth-order valence-electron chi connectivity index (χ4n) is 2.48. The van der Waals surface area contributed by atoms with Crippen molar-refractivity contribution in [2.75, 3.05) is 5.38 Å². The van der Waals surface area contributed by atoms with Crippen LogP contribution in [-0.4, -0.2) is 18.2 Å². The van der Waals surface area contributed by atoms with Crippen LogP contribution in [0, 0.1) is 0 Å². The quantitative estimate of drug-likeness (QED) is 0.523. The Kier molecular flexibility index (Phi) is 4.46. The van der Waals surface area contributed by atoms with Gasteiger partial charge < -0.3 is 4.74 Å². The first-order chi connectivity index (χ1) is 10.5. The number of hydrogen-bond acceptors (Lipinski definition) is 1. The molecule has 1 heterocycles. The number of rotatable bonds is 4. The summed E-state index contributed by atoms with van der Waals surface area (Å²) in [6, 6.07) is 19.1. The van der Waals surface area contributed by atoms with E-state index in [-0.39, 0.29) is 0 Å². The normalized spacial score (nSPS) is 17.4. The molecule has 0 bridgehead atoms. The minimum absolute atomic E-state index is 0.413. The van der Waals surface area contributed by atoms with Crippen LogP contribution in [0.15, 0.2) is 60.7 Å². The average Bonchev–Trinajstić information content (AvgIpc) is 2.52. The second-order valence-electron chi connectivity index (χ2n) is 6.88. The van der Waals surface area contributed by atoms with E-state index < -0.39 is 8.07 Å². The molecule has 114 valence electrons. The Morgan fingerprint density at radius 3 is 2.36 bits per heavy atom. The highest BCUT2D eigenvalue weighted by atomic mass is 32.2. The molecular weight excluding hydrogens is 304 g/mol. The summed E-state index contributed by atoms with van der Waals surface area (Å²) in [5.74, 6) is 2.23. The molecular formula is C19H23OSSi+. The van der Waals surface area contributed by atoms with Crippen LogP contribution in [0.3, 0.4) is 0 Å². The fourth-order valence-corrected chi connectivity index (χ4v) is 5.80. The molecule has 0 radical (unpaired) electrons. The number of ether oxygens (including phenoxy) is 1. The summed E-state index contributed by atoms with van der Waals surface area (Å²) in [6.07, 6.45) is 2.34. The first kappa shape index (κ1) is 15.4. The van der Waals surface area contributed by atoms with E-state index in [1.807, 2.05) is 0 Å². The number of aliphatic hydroxyl groups is 1. The number of benzene rings is 2. The highest BCUT2D eigenvalue weighted by Crippen LogP contribution is 2.44. The van der Waals surface area contributed by atoms with Crippen LogP contribution in [-0.2, 0) is 0 Å². The topological polar surface area (TPSA) is 12.8 Å². The first-order valence-electron chi connectivity index (χ1n) is 7.72. The molecule has 0 spiro atoms. The smallest absolute Gasteiger partial charge is 0.265 e. The molecule has 0 saturated heterocycles. The Morgan fingerprint density at radius 2 is 1.64 bits per heavy atom. The number of aromatic hydroxyl groups is 1. The van der Waals surface area contributed by atoms with Gasteiger partial charge in [-0.15, -0.1) is 0 Å². The zero-order valence-corrected chi connectivity index (χ0v) is 15.2. The molecule has 1 aliphatic heterocycles.